The van der Waals surface area contributed by atoms with Gasteiger partial charge in [0.05, 0.1) is 0 Å². The molecule has 5 aliphatic rings. The van der Waals surface area contributed by atoms with E-state index in [4.69, 9.17) is 5.73 Å². The fourth-order valence-electron chi connectivity index (χ4n) is 8.14. The molecule has 5 aliphatic carbocycles. The van der Waals surface area contributed by atoms with Crippen LogP contribution in [-0.2, 0) is 10.2 Å². The summed E-state index contributed by atoms with van der Waals surface area (Å²) in [6, 6.07) is 11.6. The smallest absolute Gasteiger partial charge is 0.223 e. The van der Waals surface area contributed by atoms with Crippen LogP contribution in [0.3, 0.4) is 0 Å². The molecule has 4 bridgehead atoms. The van der Waals surface area contributed by atoms with Crippen LogP contribution >= 0.6 is 0 Å². The number of amides is 1. The summed E-state index contributed by atoms with van der Waals surface area (Å²) in [5, 5.41) is 3.49. The Morgan fingerprint density at radius 3 is 2.28 bits per heavy atom. The minimum absolute atomic E-state index is 0.249. The molecule has 2 unspecified atom stereocenters. The van der Waals surface area contributed by atoms with Gasteiger partial charge in [0.25, 0.3) is 0 Å². The highest BCUT2D eigenvalue weighted by Gasteiger charge is 2.62. The van der Waals surface area contributed by atoms with Gasteiger partial charge in [0.1, 0.15) is 0 Å². The van der Waals surface area contributed by atoms with E-state index in [0.717, 1.165) is 19.4 Å². The van der Waals surface area contributed by atoms with Crippen molar-refractivity contribution in [3.8, 4) is 0 Å². The lowest BCUT2D eigenvalue weighted by atomic mass is 9.39. The lowest BCUT2D eigenvalue weighted by Crippen LogP contribution is -2.61. The minimum Gasteiger partial charge on any atom is -0.353 e. The molecule has 1 aromatic rings. The van der Waals surface area contributed by atoms with Crippen LogP contribution < -0.4 is 11.1 Å². The summed E-state index contributed by atoms with van der Waals surface area (Å²) in [5.74, 6) is 2.43. The van der Waals surface area contributed by atoms with Crippen LogP contribution in [0.15, 0.2) is 30.3 Å². The Hall–Kier alpha value is -1.35. The summed E-state index contributed by atoms with van der Waals surface area (Å²) >= 11 is 0. The quantitative estimate of drug-likeness (QED) is 0.754. The van der Waals surface area contributed by atoms with Crippen molar-refractivity contribution in [3.63, 3.8) is 0 Å². The Labute approximate surface area is 176 Å². The van der Waals surface area contributed by atoms with Gasteiger partial charge in [-0.3, -0.25) is 4.79 Å². The number of hydrogen-bond acceptors (Lipinski definition) is 2. The third-order valence-corrected chi connectivity index (χ3v) is 9.39. The maximum Gasteiger partial charge on any atom is 0.223 e. The zero-order chi connectivity index (χ0) is 20.1. The van der Waals surface area contributed by atoms with E-state index in [9.17, 15) is 4.79 Å². The molecular weight excluding hydrogens is 356 g/mol. The molecule has 0 saturated heterocycles. The van der Waals surface area contributed by atoms with Gasteiger partial charge >= 0.3 is 0 Å². The molecule has 1 amide bonds. The van der Waals surface area contributed by atoms with E-state index in [0.29, 0.717) is 40.5 Å². The van der Waals surface area contributed by atoms with E-state index in [1.165, 1.54) is 56.9 Å². The number of rotatable bonds is 5. The number of carbonyl (C=O) groups excluding carboxylic acids is 1. The van der Waals surface area contributed by atoms with Crippen molar-refractivity contribution < 1.29 is 4.79 Å². The first-order valence-corrected chi connectivity index (χ1v) is 12.1. The molecule has 0 aromatic heterocycles. The Kier molecular flexibility index (Phi) is 5.01. The minimum atomic E-state index is 0.249. The molecule has 5 saturated carbocycles. The van der Waals surface area contributed by atoms with Crippen molar-refractivity contribution in [2.75, 3.05) is 6.54 Å². The summed E-state index contributed by atoms with van der Waals surface area (Å²) in [6.07, 6.45) is 12.2. The van der Waals surface area contributed by atoms with E-state index >= 15 is 0 Å². The predicted molar refractivity (Wildman–Crippen MR) is 117 cm³/mol. The molecule has 3 N–H and O–H groups in total. The van der Waals surface area contributed by atoms with Crippen LogP contribution in [0.5, 0.6) is 0 Å². The van der Waals surface area contributed by atoms with E-state index in [2.05, 4.69) is 42.6 Å². The SMILES string of the molecule is CCC12CC3CC(c4ccccc4)(CC(C1)C3C(=O)NC1CCC(CN)CC1)C2. The maximum atomic E-state index is 13.5. The van der Waals surface area contributed by atoms with Gasteiger partial charge in [-0.25, -0.2) is 0 Å². The van der Waals surface area contributed by atoms with Gasteiger partial charge in [0, 0.05) is 12.0 Å². The average molecular weight is 395 g/mol. The summed E-state index contributed by atoms with van der Waals surface area (Å²) in [6.45, 7) is 3.19. The van der Waals surface area contributed by atoms with Crippen LogP contribution in [0.1, 0.15) is 76.7 Å². The van der Waals surface area contributed by atoms with Gasteiger partial charge in [-0.1, -0.05) is 43.7 Å². The third-order valence-electron chi connectivity index (χ3n) is 9.39. The van der Waals surface area contributed by atoms with Crippen molar-refractivity contribution in [1.29, 1.82) is 0 Å². The van der Waals surface area contributed by atoms with Gasteiger partial charge in [-0.05, 0) is 98.5 Å². The van der Waals surface area contributed by atoms with Gasteiger partial charge in [0.15, 0.2) is 0 Å². The molecule has 1 aromatic carbocycles. The molecule has 6 rings (SSSR count). The average Bonchev–Trinajstić information content (AvgIpc) is 2.74. The molecule has 3 heteroatoms. The molecule has 0 aliphatic heterocycles. The van der Waals surface area contributed by atoms with Crippen molar-refractivity contribution in [1.82, 2.24) is 5.32 Å². The molecule has 0 spiro atoms. The topological polar surface area (TPSA) is 55.1 Å². The molecule has 5 fully saturated rings. The molecule has 0 radical (unpaired) electrons. The Bertz CT molecular complexity index is 720. The van der Waals surface area contributed by atoms with E-state index in [-0.39, 0.29) is 5.92 Å². The van der Waals surface area contributed by atoms with E-state index < -0.39 is 0 Å². The molecular formula is C26H38N2O. The largest absolute Gasteiger partial charge is 0.353 e. The first kappa shape index (κ1) is 19.6. The fourth-order valence-corrected chi connectivity index (χ4v) is 8.14. The number of benzene rings is 1. The molecule has 158 valence electrons. The normalized spacial score (nSPS) is 43.3. The summed E-state index contributed by atoms with van der Waals surface area (Å²) < 4.78 is 0. The first-order chi connectivity index (χ1) is 14.1. The van der Waals surface area contributed by atoms with Gasteiger partial charge in [-0.15, -0.1) is 0 Å². The van der Waals surface area contributed by atoms with E-state index in [1.807, 2.05) is 0 Å². The number of carbonyl (C=O) groups is 1. The lowest BCUT2D eigenvalue weighted by molar-refractivity contribution is -0.151. The van der Waals surface area contributed by atoms with Crippen LogP contribution in [0.4, 0.5) is 0 Å². The van der Waals surface area contributed by atoms with Crippen LogP contribution in [-0.4, -0.2) is 18.5 Å². The van der Waals surface area contributed by atoms with Crippen LogP contribution in [0, 0.1) is 29.1 Å². The third kappa shape index (κ3) is 3.34. The Morgan fingerprint density at radius 1 is 1.03 bits per heavy atom. The lowest BCUT2D eigenvalue weighted by Gasteiger charge is -2.65. The fraction of sp³-hybridized carbons (Fsp3) is 0.731. The van der Waals surface area contributed by atoms with Crippen molar-refractivity contribution in [2.24, 2.45) is 34.8 Å². The molecule has 3 nitrogen and oxygen atoms in total. The second kappa shape index (κ2) is 7.41. The summed E-state index contributed by atoms with van der Waals surface area (Å²) in [5.41, 5.74) is 8.17. The first-order valence-electron chi connectivity index (χ1n) is 12.1. The zero-order valence-corrected chi connectivity index (χ0v) is 18.0. The number of hydrogen-bond donors (Lipinski definition) is 2. The molecule has 0 heterocycles. The highest BCUT2D eigenvalue weighted by Crippen LogP contribution is 2.68. The monoisotopic (exact) mass is 394 g/mol. The predicted octanol–water partition coefficient (Wildman–Crippen LogP) is 4.79. The second-order valence-corrected chi connectivity index (χ2v) is 11.0. The zero-order valence-electron chi connectivity index (χ0n) is 18.0. The van der Waals surface area contributed by atoms with E-state index in [1.54, 1.807) is 0 Å². The van der Waals surface area contributed by atoms with Crippen molar-refractivity contribution in [3.05, 3.63) is 35.9 Å². The number of nitrogens with one attached hydrogen (secondary N) is 1. The standard InChI is InChI=1S/C26H38N2O/c1-2-25-12-19-14-26(17-25,21-6-4-3-5-7-21)15-20(13-25)23(19)24(29)28-22-10-8-18(16-27)9-11-22/h3-7,18-20,22-23H,2,8-17,27H2,1H3,(H,28,29). The van der Waals surface area contributed by atoms with Gasteiger partial charge < -0.3 is 11.1 Å². The maximum absolute atomic E-state index is 13.5. The summed E-state index contributed by atoms with van der Waals surface area (Å²) in [7, 11) is 0. The number of nitrogens with two attached hydrogens (primary N) is 1. The summed E-state index contributed by atoms with van der Waals surface area (Å²) in [4.78, 5) is 13.5. The Balaban J connectivity index is 1.34. The second-order valence-electron chi connectivity index (χ2n) is 11.0. The van der Waals surface area contributed by atoms with Crippen molar-refractivity contribution >= 4 is 5.91 Å². The Morgan fingerprint density at radius 2 is 1.69 bits per heavy atom. The van der Waals surface area contributed by atoms with Crippen molar-refractivity contribution in [2.45, 2.75) is 82.6 Å². The van der Waals surface area contributed by atoms with Gasteiger partial charge in [0.2, 0.25) is 5.91 Å². The van der Waals surface area contributed by atoms with Crippen LogP contribution in [0.25, 0.3) is 0 Å². The van der Waals surface area contributed by atoms with Gasteiger partial charge in [-0.2, -0.15) is 0 Å². The molecule has 29 heavy (non-hydrogen) atoms. The van der Waals surface area contributed by atoms with Crippen LogP contribution in [0.2, 0.25) is 0 Å². The highest BCUT2D eigenvalue weighted by atomic mass is 16.2. The highest BCUT2D eigenvalue weighted by molar-refractivity contribution is 5.80. The molecule has 2 atom stereocenters.